The van der Waals surface area contributed by atoms with E-state index in [1.54, 1.807) is 12.1 Å². The van der Waals surface area contributed by atoms with Gasteiger partial charge in [0, 0.05) is 4.47 Å². The molecule has 1 saturated carbocycles. The maximum atomic E-state index is 12.8. The molecule has 0 aliphatic heterocycles. The molecule has 0 N–H and O–H groups in total. The second-order valence-corrected chi connectivity index (χ2v) is 4.50. The topological polar surface area (TPSA) is 0 Å². The van der Waals surface area contributed by atoms with Gasteiger partial charge in [0.15, 0.2) is 0 Å². The largest absolute Gasteiger partial charge is 0.207 e. The van der Waals surface area contributed by atoms with Crippen molar-refractivity contribution in [3.63, 3.8) is 0 Å². The molecule has 0 saturated heterocycles. The van der Waals surface area contributed by atoms with Gasteiger partial charge in [-0.1, -0.05) is 34.8 Å². The molecule has 0 bridgehead atoms. The standard InChI is InChI=1S/C11H12BrF/c12-11-7-9(13)5-6-10(11)8-3-1-2-4-8/h5-8H,1-4H2. The average molecular weight is 243 g/mol. The Morgan fingerprint density at radius 3 is 2.54 bits per heavy atom. The molecular weight excluding hydrogens is 231 g/mol. The third-order valence-electron chi connectivity index (χ3n) is 2.76. The number of hydrogen-bond acceptors (Lipinski definition) is 0. The second-order valence-electron chi connectivity index (χ2n) is 3.65. The molecule has 0 heterocycles. The van der Waals surface area contributed by atoms with Crippen molar-refractivity contribution in [1.29, 1.82) is 0 Å². The normalized spacial score (nSPS) is 18.0. The van der Waals surface area contributed by atoms with Crippen molar-refractivity contribution in [1.82, 2.24) is 0 Å². The van der Waals surface area contributed by atoms with Gasteiger partial charge in [-0.15, -0.1) is 0 Å². The van der Waals surface area contributed by atoms with Crippen molar-refractivity contribution >= 4 is 15.9 Å². The first-order valence-corrected chi connectivity index (χ1v) is 5.51. The van der Waals surface area contributed by atoms with Gasteiger partial charge in [0.2, 0.25) is 0 Å². The van der Waals surface area contributed by atoms with Crippen LogP contribution in [0.4, 0.5) is 4.39 Å². The van der Waals surface area contributed by atoms with Gasteiger partial charge < -0.3 is 0 Å². The monoisotopic (exact) mass is 242 g/mol. The zero-order valence-corrected chi connectivity index (χ0v) is 8.98. The summed E-state index contributed by atoms with van der Waals surface area (Å²) in [5.74, 6) is 0.489. The summed E-state index contributed by atoms with van der Waals surface area (Å²) in [5, 5.41) is 0. The molecule has 2 rings (SSSR count). The molecule has 0 spiro atoms. The summed E-state index contributed by atoms with van der Waals surface area (Å²) in [5.41, 5.74) is 1.28. The van der Waals surface area contributed by atoms with Crippen LogP contribution in [0.1, 0.15) is 37.2 Å². The lowest BCUT2D eigenvalue weighted by atomic mass is 9.98. The molecule has 1 aliphatic rings. The van der Waals surface area contributed by atoms with Crippen LogP contribution in [0.5, 0.6) is 0 Å². The molecule has 0 atom stereocenters. The van der Waals surface area contributed by atoms with Crippen molar-refractivity contribution in [2.75, 3.05) is 0 Å². The predicted molar refractivity (Wildman–Crippen MR) is 55.3 cm³/mol. The fourth-order valence-corrected chi connectivity index (χ4v) is 2.74. The number of benzene rings is 1. The number of rotatable bonds is 1. The molecule has 0 unspecified atom stereocenters. The van der Waals surface area contributed by atoms with Crippen LogP contribution in [-0.4, -0.2) is 0 Å². The Bertz CT molecular complexity index is 303. The Hall–Kier alpha value is -0.370. The zero-order valence-electron chi connectivity index (χ0n) is 7.39. The molecular formula is C11H12BrF. The van der Waals surface area contributed by atoms with Crippen LogP contribution in [0, 0.1) is 5.82 Å². The Kier molecular flexibility index (Phi) is 2.68. The van der Waals surface area contributed by atoms with E-state index in [1.807, 2.05) is 6.07 Å². The van der Waals surface area contributed by atoms with Crippen molar-refractivity contribution in [2.45, 2.75) is 31.6 Å². The molecule has 0 amide bonds. The zero-order chi connectivity index (χ0) is 9.26. The summed E-state index contributed by atoms with van der Waals surface area (Å²) in [6.07, 6.45) is 5.14. The van der Waals surface area contributed by atoms with Gasteiger partial charge in [-0.25, -0.2) is 4.39 Å². The molecule has 1 aromatic rings. The average Bonchev–Trinajstić information content (AvgIpc) is 2.56. The maximum Gasteiger partial charge on any atom is 0.124 e. The van der Waals surface area contributed by atoms with E-state index in [4.69, 9.17) is 0 Å². The van der Waals surface area contributed by atoms with Crippen LogP contribution < -0.4 is 0 Å². The van der Waals surface area contributed by atoms with Crippen LogP contribution in [0.15, 0.2) is 22.7 Å². The van der Waals surface area contributed by atoms with Crippen LogP contribution in [0.3, 0.4) is 0 Å². The highest BCUT2D eigenvalue weighted by Crippen LogP contribution is 2.37. The fraction of sp³-hybridized carbons (Fsp3) is 0.455. The van der Waals surface area contributed by atoms with Gasteiger partial charge in [0.25, 0.3) is 0 Å². The van der Waals surface area contributed by atoms with Crippen molar-refractivity contribution < 1.29 is 4.39 Å². The second kappa shape index (κ2) is 3.79. The molecule has 0 nitrogen and oxygen atoms in total. The third-order valence-corrected chi connectivity index (χ3v) is 3.44. The minimum Gasteiger partial charge on any atom is -0.207 e. The first-order valence-electron chi connectivity index (χ1n) is 4.72. The maximum absolute atomic E-state index is 12.8. The molecule has 0 radical (unpaired) electrons. The molecule has 1 aliphatic carbocycles. The van der Waals surface area contributed by atoms with E-state index in [1.165, 1.54) is 31.2 Å². The quantitative estimate of drug-likeness (QED) is 0.691. The summed E-state index contributed by atoms with van der Waals surface area (Å²) >= 11 is 3.42. The van der Waals surface area contributed by atoms with E-state index in [-0.39, 0.29) is 5.82 Å². The Morgan fingerprint density at radius 1 is 1.23 bits per heavy atom. The van der Waals surface area contributed by atoms with Gasteiger partial charge in [-0.3, -0.25) is 0 Å². The SMILES string of the molecule is Fc1ccc(C2CCCC2)c(Br)c1. The van der Waals surface area contributed by atoms with Crippen LogP contribution in [0.2, 0.25) is 0 Å². The van der Waals surface area contributed by atoms with Gasteiger partial charge >= 0.3 is 0 Å². The fourth-order valence-electron chi connectivity index (χ4n) is 2.07. The molecule has 1 aromatic carbocycles. The van der Waals surface area contributed by atoms with Crippen LogP contribution in [-0.2, 0) is 0 Å². The Labute approximate surface area is 86.3 Å². The summed E-state index contributed by atoms with van der Waals surface area (Å²) in [4.78, 5) is 0. The molecule has 2 heteroatoms. The lowest BCUT2D eigenvalue weighted by Crippen LogP contribution is -1.93. The number of halogens is 2. The van der Waals surface area contributed by atoms with Crippen molar-refractivity contribution in [3.8, 4) is 0 Å². The van der Waals surface area contributed by atoms with Gasteiger partial charge in [-0.05, 0) is 36.5 Å². The molecule has 0 aromatic heterocycles. The van der Waals surface area contributed by atoms with Crippen LogP contribution >= 0.6 is 15.9 Å². The Balaban J connectivity index is 2.29. The van der Waals surface area contributed by atoms with Gasteiger partial charge in [0.05, 0.1) is 0 Å². The summed E-state index contributed by atoms with van der Waals surface area (Å²) in [6.45, 7) is 0. The first-order chi connectivity index (χ1) is 6.27. The molecule has 13 heavy (non-hydrogen) atoms. The van der Waals surface area contributed by atoms with Gasteiger partial charge in [0.1, 0.15) is 5.82 Å². The van der Waals surface area contributed by atoms with E-state index < -0.39 is 0 Å². The molecule has 70 valence electrons. The summed E-state index contributed by atoms with van der Waals surface area (Å²) in [6, 6.07) is 5.03. The van der Waals surface area contributed by atoms with Crippen LogP contribution in [0.25, 0.3) is 0 Å². The Morgan fingerprint density at radius 2 is 1.92 bits per heavy atom. The highest BCUT2D eigenvalue weighted by Gasteiger charge is 2.19. The lowest BCUT2D eigenvalue weighted by molar-refractivity contribution is 0.623. The van der Waals surface area contributed by atoms with Crippen molar-refractivity contribution in [2.24, 2.45) is 0 Å². The van der Waals surface area contributed by atoms with E-state index >= 15 is 0 Å². The van der Waals surface area contributed by atoms with E-state index in [0.717, 1.165) is 4.47 Å². The number of hydrogen-bond donors (Lipinski definition) is 0. The van der Waals surface area contributed by atoms with E-state index in [9.17, 15) is 4.39 Å². The summed E-state index contributed by atoms with van der Waals surface area (Å²) in [7, 11) is 0. The van der Waals surface area contributed by atoms with Gasteiger partial charge in [-0.2, -0.15) is 0 Å². The smallest absolute Gasteiger partial charge is 0.124 e. The predicted octanol–water partition coefficient (Wildman–Crippen LogP) is 4.25. The first kappa shape index (κ1) is 9.20. The lowest BCUT2D eigenvalue weighted by Gasteiger charge is -2.11. The van der Waals surface area contributed by atoms with E-state index in [0.29, 0.717) is 5.92 Å². The minimum absolute atomic E-state index is 0.159. The minimum atomic E-state index is -0.159. The van der Waals surface area contributed by atoms with Crippen molar-refractivity contribution in [3.05, 3.63) is 34.1 Å². The summed E-state index contributed by atoms with van der Waals surface area (Å²) < 4.78 is 13.7. The van der Waals surface area contributed by atoms with E-state index in [2.05, 4.69) is 15.9 Å². The highest BCUT2D eigenvalue weighted by atomic mass is 79.9. The third kappa shape index (κ3) is 1.93. The molecule has 1 fully saturated rings. The highest BCUT2D eigenvalue weighted by molar-refractivity contribution is 9.10.